The number of rotatable bonds is 3. The number of anilines is 3. The van der Waals surface area contributed by atoms with Gasteiger partial charge in [-0.2, -0.15) is 0 Å². The Balaban J connectivity index is 0.000000377. The van der Waals surface area contributed by atoms with Gasteiger partial charge in [0.1, 0.15) is 11.4 Å². The molecule has 0 aliphatic carbocycles. The Morgan fingerprint density at radius 1 is 1.17 bits per heavy atom. The Morgan fingerprint density at radius 3 is 2.30 bits per heavy atom. The topological polar surface area (TPSA) is 93.9 Å². The molecule has 0 saturated carbocycles. The fraction of sp³-hybridized carbons (Fsp3) is 0.300. The summed E-state index contributed by atoms with van der Waals surface area (Å²) < 4.78 is 33.1. The molecule has 1 amide bonds. The van der Waals surface area contributed by atoms with Gasteiger partial charge in [-0.25, -0.2) is 17.8 Å². The Labute approximate surface area is 179 Å². The van der Waals surface area contributed by atoms with Gasteiger partial charge in [0.25, 0.3) is 0 Å². The number of thiazole rings is 1. The highest BCUT2D eigenvalue weighted by Gasteiger charge is 2.41. The van der Waals surface area contributed by atoms with Crippen molar-refractivity contribution < 1.29 is 26.5 Å². The molecule has 10 heteroatoms. The maximum atomic E-state index is 13.1. The molecule has 3 aromatic rings. The van der Waals surface area contributed by atoms with E-state index >= 15 is 0 Å². The minimum Gasteiger partial charge on any atom is -0.726 e. The van der Waals surface area contributed by atoms with Crippen LogP contribution in [-0.2, 0) is 21.6 Å². The number of amides is 1. The second kappa shape index (κ2) is 7.95. The Kier molecular flexibility index (Phi) is 5.87. The quantitative estimate of drug-likeness (QED) is 0.347. The van der Waals surface area contributed by atoms with Gasteiger partial charge < -0.3 is 9.45 Å². The number of carbonyl (C=O) groups excluding carboxylic acids is 1. The number of aromatic nitrogens is 1. The number of benzene rings is 2. The van der Waals surface area contributed by atoms with Crippen molar-refractivity contribution in [2.24, 2.45) is 7.05 Å². The van der Waals surface area contributed by atoms with Crippen molar-refractivity contribution in [3.05, 3.63) is 46.5 Å². The van der Waals surface area contributed by atoms with Crippen LogP contribution in [-0.4, -0.2) is 40.1 Å². The van der Waals surface area contributed by atoms with E-state index in [9.17, 15) is 17.8 Å². The zero-order valence-corrected chi connectivity index (χ0v) is 19.2. The van der Waals surface area contributed by atoms with Crippen molar-refractivity contribution in [3.63, 3.8) is 0 Å². The molecule has 2 heterocycles. The van der Waals surface area contributed by atoms with Crippen LogP contribution in [0.5, 0.6) is 0 Å². The van der Waals surface area contributed by atoms with Gasteiger partial charge in [0, 0.05) is 30.6 Å². The third kappa shape index (κ3) is 3.79. The minimum atomic E-state index is -4.41. The average molecular weight is 450 g/mol. The largest absolute Gasteiger partial charge is 0.726 e. The monoisotopic (exact) mass is 449 g/mol. The summed E-state index contributed by atoms with van der Waals surface area (Å²) >= 11 is 1.66. The third-order valence-corrected chi connectivity index (χ3v) is 6.74. The summed E-state index contributed by atoms with van der Waals surface area (Å²) in [6.07, 6.45) is 0. The van der Waals surface area contributed by atoms with Gasteiger partial charge >= 0.3 is 11.0 Å². The molecule has 0 spiro atoms. The number of hydrogen-bond acceptors (Lipinski definition) is 7. The van der Waals surface area contributed by atoms with Crippen LogP contribution in [0.15, 0.2) is 30.3 Å². The normalized spacial score (nSPS) is 12.9. The fourth-order valence-corrected chi connectivity index (χ4v) is 4.51. The summed E-state index contributed by atoms with van der Waals surface area (Å²) in [5.74, 6) is 0.0587. The van der Waals surface area contributed by atoms with Gasteiger partial charge in [0.05, 0.1) is 24.6 Å². The second-order valence-electron chi connectivity index (χ2n) is 7.03. The molecule has 2 aromatic carbocycles. The van der Waals surface area contributed by atoms with E-state index in [1.165, 1.54) is 10.6 Å². The molecule has 30 heavy (non-hydrogen) atoms. The summed E-state index contributed by atoms with van der Waals surface area (Å²) in [5.41, 5.74) is 4.09. The standard InChI is InChI=1S/C19H20N3OS.CH4O4S/c1-11-12(2)24-19(21(11)5)22-16-8-6-7-13-15(20(3)4)10-9-14(17(13)16)18(22)23;1-5-6(2,3)4/h6-10H,1-5H3;1H3,(H,2,3,4)/q+1;/p-1. The van der Waals surface area contributed by atoms with Crippen LogP contribution in [0.2, 0.25) is 0 Å². The highest BCUT2D eigenvalue weighted by atomic mass is 32.3. The molecule has 0 saturated heterocycles. The molecule has 1 aliphatic rings. The van der Waals surface area contributed by atoms with Gasteiger partial charge in [-0.3, -0.25) is 4.18 Å². The van der Waals surface area contributed by atoms with E-state index in [4.69, 9.17) is 0 Å². The van der Waals surface area contributed by atoms with Crippen LogP contribution in [0.3, 0.4) is 0 Å². The van der Waals surface area contributed by atoms with E-state index in [1.54, 1.807) is 11.3 Å². The minimum absolute atomic E-state index is 0.0587. The summed E-state index contributed by atoms with van der Waals surface area (Å²) in [6, 6.07) is 10.2. The lowest BCUT2D eigenvalue weighted by atomic mass is 10.0. The highest BCUT2D eigenvalue weighted by molar-refractivity contribution is 7.80. The Hall–Kier alpha value is -2.53. The molecule has 4 rings (SSSR count). The zero-order valence-electron chi connectivity index (χ0n) is 17.6. The van der Waals surface area contributed by atoms with E-state index in [0.717, 1.165) is 40.0 Å². The molecule has 0 fully saturated rings. The predicted molar refractivity (Wildman–Crippen MR) is 116 cm³/mol. The molecule has 0 atom stereocenters. The summed E-state index contributed by atoms with van der Waals surface area (Å²) in [7, 11) is 2.48. The molecule has 8 nitrogen and oxygen atoms in total. The van der Waals surface area contributed by atoms with Crippen molar-refractivity contribution in [3.8, 4) is 0 Å². The van der Waals surface area contributed by atoms with Crippen LogP contribution in [0.1, 0.15) is 20.9 Å². The lowest BCUT2D eigenvalue weighted by molar-refractivity contribution is -0.660. The van der Waals surface area contributed by atoms with Gasteiger partial charge in [-0.1, -0.05) is 23.5 Å². The molecule has 0 bridgehead atoms. The lowest BCUT2D eigenvalue weighted by Gasteiger charge is -2.15. The van der Waals surface area contributed by atoms with Crippen LogP contribution < -0.4 is 14.4 Å². The first-order valence-corrected chi connectivity index (χ1v) is 11.2. The first-order chi connectivity index (χ1) is 14.0. The predicted octanol–water partition coefficient (Wildman–Crippen LogP) is 2.79. The van der Waals surface area contributed by atoms with E-state index in [0.29, 0.717) is 0 Å². The SMILES string of the molecule is COS(=O)(=O)[O-].Cc1sc(N2C(=O)c3ccc(N(C)C)c4cccc2c34)[n+](C)c1C. The number of carbonyl (C=O) groups is 1. The van der Waals surface area contributed by atoms with Gasteiger partial charge in [0.2, 0.25) is 10.4 Å². The van der Waals surface area contributed by atoms with Crippen LogP contribution >= 0.6 is 11.3 Å². The molecule has 1 aliphatic heterocycles. The lowest BCUT2D eigenvalue weighted by Crippen LogP contribution is -2.37. The van der Waals surface area contributed by atoms with Crippen molar-refractivity contribution in [2.45, 2.75) is 13.8 Å². The van der Waals surface area contributed by atoms with E-state index in [2.05, 4.69) is 33.6 Å². The maximum Gasteiger partial charge on any atom is 0.349 e. The average Bonchev–Trinajstić information content (AvgIpc) is 3.11. The molecular formula is C20H23N3O5S2. The highest BCUT2D eigenvalue weighted by Crippen LogP contribution is 2.44. The van der Waals surface area contributed by atoms with Crippen molar-refractivity contribution >= 4 is 54.9 Å². The van der Waals surface area contributed by atoms with Crippen molar-refractivity contribution in [1.82, 2.24) is 0 Å². The Bertz CT molecular complexity index is 1250. The van der Waals surface area contributed by atoms with Gasteiger partial charge in [-0.05, 0) is 32.0 Å². The molecule has 0 N–H and O–H groups in total. The molecule has 0 unspecified atom stereocenters. The summed E-state index contributed by atoms with van der Waals surface area (Å²) in [5, 5.41) is 3.14. The van der Waals surface area contributed by atoms with Crippen molar-refractivity contribution in [2.75, 3.05) is 31.0 Å². The second-order valence-corrected chi connectivity index (χ2v) is 9.36. The molecular weight excluding hydrogens is 426 g/mol. The van der Waals surface area contributed by atoms with E-state index < -0.39 is 10.4 Å². The number of hydrogen-bond donors (Lipinski definition) is 0. The number of aryl methyl sites for hydroxylation is 1. The fourth-order valence-electron chi connectivity index (χ4n) is 3.40. The van der Waals surface area contributed by atoms with E-state index in [1.807, 2.05) is 50.3 Å². The van der Waals surface area contributed by atoms with Crippen molar-refractivity contribution in [1.29, 1.82) is 0 Å². The number of nitrogens with zero attached hydrogens (tertiary/aromatic N) is 3. The molecule has 1 aromatic heterocycles. The van der Waals surface area contributed by atoms with Gasteiger partial charge in [-0.15, -0.1) is 4.90 Å². The smallest absolute Gasteiger partial charge is 0.349 e. The maximum absolute atomic E-state index is 13.1. The molecule has 160 valence electrons. The first-order valence-electron chi connectivity index (χ1n) is 9.03. The summed E-state index contributed by atoms with van der Waals surface area (Å²) in [4.78, 5) is 18.3. The van der Waals surface area contributed by atoms with E-state index in [-0.39, 0.29) is 5.91 Å². The molecule has 0 radical (unpaired) electrons. The van der Waals surface area contributed by atoms with Crippen LogP contribution in [0, 0.1) is 13.8 Å². The summed E-state index contributed by atoms with van der Waals surface area (Å²) in [6.45, 7) is 4.19. The van der Waals surface area contributed by atoms with Crippen LogP contribution in [0.25, 0.3) is 10.8 Å². The first kappa shape index (κ1) is 22.2. The zero-order chi connectivity index (χ0) is 22.4. The Morgan fingerprint density at radius 2 is 1.80 bits per heavy atom. The third-order valence-electron chi connectivity index (χ3n) is 5.09. The van der Waals surface area contributed by atoms with Crippen LogP contribution in [0.4, 0.5) is 16.5 Å². The van der Waals surface area contributed by atoms with Gasteiger partial charge in [0.15, 0.2) is 0 Å².